The SMILES string of the molecule is CCS(=O)CCNC(C)c1ccc(Cl)nc1. The second-order valence-electron chi connectivity index (χ2n) is 3.52. The first-order valence-electron chi connectivity index (χ1n) is 5.33. The first-order chi connectivity index (χ1) is 7.63. The summed E-state index contributed by atoms with van der Waals surface area (Å²) in [5.74, 6) is 1.42. The van der Waals surface area contributed by atoms with E-state index in [2.05, 4.69) is 17.2 Å². The fraction of sp³-hybridized carbons (Fsp3) is 0.545. The second-order valence-corrected chi connectivity index (χ2v) is 5.78. The van der Waals surface area contributed by atoms with Gasteiger partial charge in [0.15, 0.2) is 0 Å². The largest absolute Gasteiger partial charge is 0.309 e. The summed E-state index contributed by atoms with van der Waals surface area (Å²) in [5, 5.41) is 3.81. The van der Waals surface area contributed by atoms with Crippen LogP contribution < -0.4 is 5.32 Å². The van der Waals surface area contributed by atoms with E-state index in [-0.39, 0.29) is 6.04 Å². The van der Waals surface area contributed by atoms with Gasteiger partial charge in [0.1, 0.15) is 5.15 Å². The molecule has 0 saturated heterocycles. The molecule has 0 fully saturated rings. The number of hydrogen-bond acceptors (Lipinski definition) is 3. The van der Waals surface area contributed by atoms with Crippen LogP contribution in [0.5, 0.6) is 0 Å². The average molecular weight is 261 g/mol. The van der Waals surface area contributed by atoms with Gasteiger partial charge in [-0.15, -0.1) is 0 Å². The standard InChI is InChI=1S/C11H17ClN2OS/c1-3-16(15)7-6-13-9(2)10-4-5-11(12)14-8-10/h4-5,8-9,13H,3,6-7H2,1-2H3. The van der Waals surface area contributed by atoms with Crippen molar-refractivity contribution in [2.45, 2.75) is 19.9 Å². The van der Waals surface area contributed by atoms with Crippen LogP contribution in [0.15, 0.2) is 18.3 Å². The van der Waals surface area contributed by atoms with Gasteiger partial charge in [-0.2, -0.15) is 0 Å². The first-order valence-corrected chi connectivity index (χ1v) is 7.20. The molecule has 1 rings (SSSR count). The minimum absolute atomic E-state index is 0.207. The second kappa shape index (κ2) is 6.99. The summed E-state index contributed by atoms with van der Waals surface area (Å²) in [7, 11) is -0.703. The van der Waals surface area contributed by atoms with Crippen LogP contribution in [-0.4, -0.2) is 27.2 Å². The van der Waals surface area contributed by atoms with Crippen LogP contribution in [0.25, 0.3) is 0 Å². The molecular weight excluding hydrogens is 244 g/mol. The van der Waals surface area contributed by atoms with Crippen LogP contribution in [0.2, 0.25) is 5.15 Å². The van der Waals surface area contributed by atoms with E-state index in [4.69, 9.17) is 11.6 Å². The minimum Gasteiger partial charge on any atom is -0.309 e. The fourth-order valence-corrected chi connectivity index (χ4v) is 2.04. The van der Waals surface area contributed by atoms with E-state index in [0.29, 0.717) is 10.9 Å². The molecule has 0 aromatic carbocycles. The van der Waals surface area contributed by atoms with Crippen LogP contribution >= 0.6 is 11.6 Å². The lowest BCUT2D eigenvalue weighted by molar-refractivity contribution is 0.595. The van der Waals surface area contributed by atoms with Crippen LogP contribution in [0.3, 0.4) is 0 Å². The minimum atomic E-state index is -0.703. The summed E-state index contributed by atoms with van der Waals surface area (Å²) in [6, 6.07) is 3.93. The average Bonchev–Trinajstić information content (AvgIpc) is 2.29. The number of pyridine rings is 1. The van der Waals surface area contributed by atoms with Gasteiger partial charge in [-0.25, -0.2) is 4.98 Å². The molecule has 3 nitrogen and oxygen atoms in total. The van der Waals surface area contributed by atoms with E-state index in [1.165, 1.54) is 0 Å². The molecule has 2 atom stereocenters. The van der Waals surface area contributed by atoms with Crippen molar-refractivity contribution in [2.24, 2.45) is 0 Å². The Bertz CT molecular complexity index is 342. The topological polar surface area (TPSA) is 42.0 Å². The van der Waals surface area contributed by atoms with E-state index in [0.717, 1.165) is 17.9 Å². The zero-order valence-corrected chi connectivity index (χ0v) is 11.1. The van der Waals surface area contributed by atoms with Crippen molar-refractivity contribution in [1.29, 1.82) is 0 Å². The van der Waals surface area contributed by atoms with E-state index in [9.17, 15) is 4.21 Å². The molecule has 0 aliphatic heterocycles. The Hall–Kier alpha value is -0.450. The summed E-state index contributed by atoms with van der Waals surface area (Å²) in [6.07, 6.45) is 1.76. The maximum atomic E-state index is 11.2. The normalized spacial score (nSPS) is 14.7. The van der Waals surface area contributed by atoms with E-state index >= 15 is 0 Å². The number of nitrogens with zero attached hydrogens (tertiary/aromatic N) is 1. The van der Waals surface area contributed by atoms with Crippen LogP contribution in [0, 0.1) is 0 Å². The number of halogens is 1. The quantitative estimate of drug-likeness (QED) is 0.797. The molecule has 0 saturated carbocycles. The monoisotopic (exact) mass is 260 g/mol. The highest BCUT2D eigenvalue weighted by atomic mass is 35.5. The van der Waals surface area contributed by atoms with Gasteiger partial charge in [-0.3, -0.25) is 4.21 Å². The molecule has 0 spiro atoms. The lowest BCUT2D eigenvalue weighted by atomic mass is 10.1. The van der Waals surface area contributed by atoms with Crippen molar-refractivity contribution < 1.29 is 4.21 Å². The molecule has 1 N–H and O–H groups in total. The van der Waals surface area contributed by atoms with Crippen molar-refractivity contribution in [2.75, 3.05) is 18.1 Å². The highest BCUT2D eigenvalue weighted by molar-refractivity contribution is 7.84. The van der Waals surface area contributed by atoms with E-state index < -0.39 is 10.8 Å². The van der Waals surface area contributed by atoms with Gasteiger partial charge in [0, 0.05) is 41.1 Å². The highest BCUT2D eigenvalue weighted by Gasteiger charge is 2.05. The molecular formula is C11H17ClN2OS. The molecule has 0 aliphatic carbocycles. The Morgan fingerprint density at radius 1 is 1.56 bits per heavy atom. The predicted molar refractivity (Wildman–Crippen MR) is 69.2 cm³/mol. The maximum Gasteiger partial charge on any atom is 0.129 e. The lowest BCUT2D eigenvalue weighted by Crippen LogP contribution is -2.24. The van der Waals surface area contributed by atoms with Gasteiger partial charge < -0.3 is 5.32 Å². The number of nitrogens with one attached hydrogen (secondary N) is 1. The van der Waals surface area contributed by atoms with Gasteiger partial charge in [-0.05, 0) is 18.6 Å². The Balaban J connectivity index is 2.37. The third-order valence-corrected chi connectivity index (χ3v) is 3.88. The van der Waals surface area contributed by atoms with Gasteiger partial charge in [0.25, 0.3) is 0 Å². The molecule has 0 radical (unpaired) electrons. The predicted octanol–water partition coefficient (Wildman–Crippen LogP) is 2.15. The van der Waals surface area contributed by atoms with Crippen LogP contribution in [0.1, 0.15) is 25.5 Å². The van der Waals surface area contributed by atoms with E-state index in [1.54, 1.807) is 12.3 Å². The molecule has 90 valence electrons. The molecule has 0 aliphatic rings. The highest BCUT2D eigenvalue weighted by Crippen LogP contribution is 2.12. The number of aromatic nitrogens is 1. The number of hydrogen-bond donors (Lipinski definition) is 1. The van der Waals surface area contributed by atoms with Crippen LogP contribution in [0.4, 0.5) is 0 Å². The summed E-state index contributed by atoms with van der Waals surface area (Å²) >= 11 is 5.71. The van der Waals surface area contributed by atoms with Crippen molar-refractivity contribution in [3.8, 4) is 0 Å². The molecule has 0 amide bonds. The van der Waals surface area contributed by atoms with Crippen molar-refractivity contribution in [1.82, 2.24) is 10.3 Å². The summed E-state index contributed by atoms with van der Waals surface area (Å²) in [6.45, 7) is 4.74. The van der Waals surface area contributed by atoms with Gasteiger partial charge in [0.2, 0.25) is 0 Å². The Morgan fingerprint density at radius 3 is 2.88 bits per heavy atom. The lowest BCUT2D eigenvalue weighted by Gasteiger charge is -2.13. The summed E-state index contributed by atoms with van der Waals surface area (Å²) < 4.78 is 11.2. The third-order valence-electron chi connectivity index (χ3n) is 2.35. The number of rotatable bonds is 6. The maximum absolute atomic E-state index is 11.2. The smallest absolute Gasteiger partial charge is 0.129 e. The molecule has 0 bridgehead atoms. The summed E-state index contributed by atoms with van der Waals surface area (Å²) in [4.78, 5) is 4.02. The molecule has 1 aromatic heterocycles. The van der Waals surface area contributed by atoms with Crippen LogP contribution in [-0.2, 0) is 10.8 Å². The molecule has 1 aromatic rings. The molecule has 1 heterocycles. The zero-order valence-electron chi connectivity index (χ0n) is 9.57. The first kappa shape index (κ1) is 13.6. The molecule has 16 heavy (non-hydrogen) atoms. The fourth-order valence-electron chi connectivity index (χ4n) is 1.29. The third kappa shape index (κ3) is 4.60. The van der Waals surface area contributed by atoms with Crippen molar-refractivity contribution >= 4 is 22.4 Å². The van der Waals surface area contributed by atoms with Crippen molar-refractivity contribution in [3.63, 3.8) is 0 Å². The molecule has 5 heteroatoms. The zero-order chi connectivity index (χ0) is 12.0. The van der Waals surface area contributed by atoms with Gasteiger partial charge in [0.05, 0.1) is 0 Å². The van der Waals surface area contributed by atoms with Gasteiger partial charge >= 0.3 is 0 Å². The molecule has 2 unspecified atom stereocenters. The Labute approximate surface area is 104 Å². The summed E-state index contributed by atoms with van der Waals surface area (Å²) in [5.41, 5.74) is 1.09. The van der Waals surface area contributed by atoms with Gasteiger partial charge in [-0.1, -0.05) is 24.6 Å². The van der Waals surface area contributed by atoms with E-state index in [1.807, 2.05) is 13.0 Å². The Morgan fingerprint density at radius 2 is 2.31 bits per heavy atom. The van der Waals surface area contributed by atoms with Crippen molar-refractivity contribution in [3.05, 3.63) is 29.0 Å². The Kier molecular flexibility index (Phi) is 5.95.